The van der Waals surface area contributed by atoms with Crippen molar-refractivity contribution in [3.05, 3.63) is 69.6 Å². The molecule has 3 aromatic rings. The molecule has 0 saturated heterocycles. The summed E-state index contributed by atoms with van der Waals surface area (Å²) in [6.07, 6.45) is 1.72. The number of nitrogens with one attached hydrogen (secondary N) is 1. The lowest BCUT2D eigenvalue weighted by Crippen LogP contribution is -2.22. The zero-order chi connectivity index (χ0) is 15.7. The van der Waals surface area contributed by atoms with Gasteiger partial charge in [0.05, 0.1) is 12.2 Å². The summed E-state index contributed by atoms with van der Waals surface area (Å²) in [5, 5.41) is 12.7. The Balaban J connectivity index is 2.16. The Labute approximate surface area is 127 Å². The van der Waals surface area contributed by atoms with Gasteiger partial charge in [-0.15, -0.1) is 0 Å². The van der Waals surface area contributed by atoms with Crippen LogP contribution >= 0.6 is 0 Å². The SMILES string of the molecule is Cc1cccc(Nc2nc3ccc(C)cn3c(=O)c2CO)c1. The third-order valence-electron chi connectivity index (χ3n) is 3.50. The molecular formula is C17H17N3O2. The van der Waals surface area contributed by atoms with Crippen LogP contribution in [0.5, 0.6) is 0 Å². The number of hydrogen-bond donors (Lipinski definition) is 2. The van der Waals surface area contributed by atoms with Crippen molar-refractivity contribution in [2.75, 3.05) is 5.32 Å². The van der Waals surface area contributed by atoms with Gasteiger partial charge in [0.25, 0.3) is 5.56 Å². The minimum absolute atomic E-state index is 0.254. The first-order valence-corrected chi connectivity index (χ1v) is 7.05. The standard InChI is InChI=1S/C17H17N3O2/c1-11-4-3-5-13(8-11)18-16-14(10-21)17(22)20-9-12(2)6-7-15(20)19-16/h3-9,18,21H,10H2,1-2H3. The minimum Gasteiger partial charge on any atom is -0.391 e. The van der Waals surface area contributed by atoms with E-state index in [0.717, 1.165) is 16.8 Å². The largest absolute Gasteiger partial charge is 0.391 e. The topological polar surface area (TPSA) is 66.6 Å². The van der Waals surface area contributed by atoms with Gasteiger partial charge in [0, 0.05) is 11.9 Å². The van der Waals surface area contributed by atoms with Gasteiger partial charge in [-0.05, 0) is 43.2 Å². The summed E-state index contributed by atoms with van der Waals surface area (Å²) < 4.78 is 1.46. The Kier molecular flexibility index (Phi) is 3.65. The van der Waals surface area contributed by atoms with E-state index in [9.17, 15) is 9.90 Å². The number of aliphatic hydroxyl groups excluding tert-OH is 1. The molecule has 2 N–H and O–H groups in total. The fourth-order valence-corrected chi connectivity index (χ4v) is 2.39. The van der Waals surface area contributed by atoms with Crippen LogP contribution in [0.15, 0.2) is 47.4 Å². The van der Waals surface area contributed by atoms with Gasteiger partial charge in [-0.3, -0.25) is 9.20 Å². The molecule has 0 unspecified atom stereocenters. The first kappa shape index (κ1) is 14.3. The summed E-state index contributed by atoms with van der Waals surface area (Å²) in [6.45, 7) is 3.53. The van der Waals surface area contributed by atoms with Crippen molar-refractivity contribution in [1.29, 1.82) is 0 Å². The van der Waals surface area contributed by atoms with Crippen molar-refractivity contribution in [1.82, 2.24) is 9.38 Å². The van der Waals surface area contributed by atoms with Crippen molar-refractivity contribution in [2.45, 2.75) is 20.5 Å². The van der Waals surface area contributed by atoms with Crippen LogP contribution in [0, 0.1) is 13.8 Å². The molecule has 0 saturated carbocycles. The van der Waals surface area contributed by atoms with E-state index >= 15 is 0 Å². The monoisotopic (exact) mass is 295 g/mol. The maximum Gasteiger partial charge on any atom is 0.265 e. The van der Waals surface area contributed by atoms with Gasteiger partial charge >= 0.3 is 0 Å². The van der Waals surface area contributed by atoms with E-state index in [1.54, 1.807) is 12.3 Å². The van der Waals surface area contributed by atoms with E-state index in [2.05, 4.69) is 10.3 Å². The summed E-state index contributed by atoms with van der Waals surface area (Å²) in [7, 11) is 0. The molecule has 0 amide bonds. The van der Waals surface area contributed by atoms with Crippen LogP contribution in [0.4, 0.5) is 11.5 Å². The number of hydrogen-bond acceptors (Lipinski definition) is 4. The zero-order valence-corrected chi connectivity index (χ0v) is 12.5. The van der Waals surface area contributed by atoms with Crippen LogP contribution in [0.25, 0.3) is 5.65 Å². The first-order chi connectivity index (χ1) is 10.6. The number of aromatic nitrogens is 2. The van der Waals surface area contributed by atoms with Crippen LogP contribution in [0.1, 0.15) is 16.7 Å². The molecule has 5 heteroatoms. The fourth-order valence-electron chi connectivity index (χ4n) is 2.39. The summed E-state index contributed by atoms with van der Waals surface area (Å²) >= 11 is 0. The normalized spacial score (nSPS) is 10.9. The Morgan fingerprint density at radius 1 is 1.18 bits per heavy atom. The molecule has 0 spiro atoms. The summed E-state index contributed by atoms with van der Waals surface area (Å²) in [5.74, 6) is 0.391. The van der Waals surface area contributed by atoms with Gasteiger partial charge in [0.2, 0.25) is 0 Å². The smallest absolute Gasteiger partial charge is 0.265 e. The van der Waals surface area contributed by atoms with Crippen LogP contribution in [0.2, 0.25) is 0 Å². The molecule has 0 radical (unpaired) electrons. The Bertz CT molecular complexity index is 900. The number of nitrogens with zero attached hydrogens (tertiary/aromatic N) is 2. The van der Waals surface area contributed by atoms with E-state index in [1.165, 1.54) is 4.40 Å². The number of benzene rings is 1. The highest BCUT2D eigenvalue weighted by molar-refractivity contribution is 5.62. The Hall–Kier alpha value is -2.66. The van der Waals surface area contributed by atoms with Crippen molar-refractivity contribution in [3.8, 4) is 0 Å². The second-order valence-corrected chi connectivity index (χ2v) is 5.33. The van der Waals surface area contributed by atoms with Crippen molar-refractivity contribution < 1.29 is 5.11 Å². The van der Waals surface area contributed by atoms with Gasteiger partial charge in [0.1, 0.15) is 11.5 Å². The maximum atomic E-state index is 12.5. The molecule has 0 aliphatic heterocycles. The van der Waals surface area contributed by atoms with E-state index in [-0.39, 0.29) is 17.7 Å². The first-order valence-electron chi connectivity index (χ1n) is 7.05. The van der Waals surface area contributed by atoms with Crippen LogP contribution in [0.3, 0.4) is 0 Å². The van der Waals surface area contributed by atoms with E-state index in [0.29, 0.717) is 11.5 Å². The molecule has 112 valence electrons. The highest BCUT2D eigenvalue weighted by Gasteiger charge is 2.12. The van der Waals surface area contributed by atoms with Crippen LogP contribution in [-0.4, -0.2) is 14.5 Å². The van der Waals surface area contributed by atoms with Crippen molar-refractivity contribution >= 4 is 17.2 Å². The number of aryl methyl sites for hydroxylation is 2. The van der Waals surface area contributed by atoms with Crippen LogP contribution < -0.4 is 10.9 Å². The number of pyridine rings is 1. The quantitative estimate of drug-likeness (QED) is 0.779. The molecule has 0 fully saturated rings. The lowest BCUT2D eigenvalue weighted by atomic mass is 10.2. The van der Waals surface area contributed by atoms with Gasteiger partial charge in [-0.2, -0.15) is 0 Å². The molecule has 5 nitrogen and oxygen atoms in total. The second-order valence-electron chi connectivity index (χ2n) is 5.33. The summed E-state index contributed by atoms with van der Waals surface area (Å²) in [6, 6.07) is 11.5. The summed E-state index contributed by atoms with van der Waals surface area (Å²) in [5.41, 5.74) is 3.43. The molecule has 0 bridgehead atoms. The predicted octanol–water partition coefficient (Wildman–Crippen LogP) is 2.55. The predicted molar refractivity (Wildman–Crippen MR) is 86.6 cm³/mol. The number of rotatable bonds is 3. The number of anilines is 2. The maximum absolute atomic E-state index is 12.5. The molecule has 2 heterocycles. The minimum atomic E-state index is -0.364. The second kappa shape index (κ2) is 5.61. The molecule has 22 heavy (non-hydrogen) atoms. The third kappa shape index (κ3) is 2.58. The zero-order valence-electron chi connectivity index (χ0n) is 12.5. The molecule has 2 aromatic heterocycles. The number of fused-ring (bicyclic) bond motifs is 1. The third-order valence-corrected chi connectivity index (χ3v) is 3.50. The lowest BCUT2D eigenvalue weighted by Gasteiger charge is -2.12. The molecular weight excluding hydrogens is 278 g/mol. The molecule has 0 atom stereocenters. The van der Waals surface area contributed by atoms with E-state index < -0.39 is 0 Å². The van der Waals surface area contributed by atoms with Gasteiger partial charge in [-0.25, -0.2) is 4.98 Å². The molecule has 0 aliphatic carbocycles. The Morgan fingerprint density at radius 2 is 2.00 bits per heavy atom. The van der Waals surface area contributed by atoms with Crippen molar-refractivity contribution in [2.24, 2.45) is 0 Å². The average Bonchev–Trinajstić information content (AvgIpc) is 2.49. The van der Waals surface area contributed by atoms with Crippen LogP contribution in [-0.2, 0) is 6.61 Å². The fraction of sp³-hybridized carbons (Fsp3) is 0.176. The molecule has 1 aromatic carbocycles. The Morgan fingerprint density at radius 3 is 2.73 bits per heavy atom. The summed E-state index contributed by atoms with van der Waals surface area (Å²) in [4.78, 5) is 17.0. The lowest BCUT2D eigenvalue weighted by molar-refractivity contribution is 0.280. The van der Waals surface area contributed by atoms with Gasteiger partial charge in [-0.1, -0.05) is 18.2 Å². The number of aliphatic hydroxyl groups is 1. The van der Waals surface area contributed by atoms with Gasteiger partial charge in [0.15, 0.2) is 0 Å². The van der Waals surface area contributed by atoms with E-state index in [1.807, 2.05) is 44.2 Å². The average molecular weight is 295 g/mol. The highest BCUT2D eigenvalue weighted by Crippen LogP contribution is 2.19. The highest BCUT2D eigenvalue weighted by atomic mass is 16.3. The van der Waals surface area contributed by atoms with E-state index in [4.69, 9.17) is 0 Å². The molecule has 0 aliphatic rings. The van der Waals surface area contributed by atoms with Crippen molar-refractivity contribution in [3.63, 3.8) is 0 Å². The molecule has 3 rings (SSSR count). The van der Waals surface area contributed by atoms with Gasteiger partial charge < -0.3 is 10.4 Å².